The Kier molecular flexibility index (Phi) is 4.85. The van der Waals surface area contributed by atoms with Crippen molar-refractivity contribution < 1.29 is 8.42 Å². The molecule has 0 aromatic heterocycles. The molecule has 0 spiro atoms. The van der Waals surface area contributed by atoms with Gasteiger partial charge in [0.25, 0.3) is 10.2 Å². The van der Waals surface area contributed by atoms with E-state index in [4.69, 9.17) is 0 Å². The molecule has 0 saturated carbocycles. The van der Waals surface area contributed by atoms with Gasteiger partial charge in [-0.1, -0.05) is 6.42 Å². The molecule has 3 fully saturated rings. The Labute approximate surface area is 128 Å². The van der Waals surface area contributed by atoms with Crippen LogP contribution >= 0.6 is 0 Å². The van der Waals surface area contributed by atoms with Gasteiger partial charge in [0.1, 0.15) is 0 Å². The highest BCUT2D eigenvalue weighted by atomic mass is 32.2. The second kappa shape index (κ2) is 6.50. The average Bonchev–Trinajstić information content (AvgIpc) is 2.99. The normalized spacial score (nSPS) is 34.3. The van der Waals surface area contributed by atoms with Crippen molar-refractivity contribution >= 4 is 10.2 Å². The standard InChI is InChI=1S/C14H28N4O2S/c1-13-4-2-3-8-18(13)21(19,20)17-9-5-14(12-17)16-10-6-15-7-11-16/h13-15H,2-12H2,1H3. The van der Waals surface area contributed by atoms with E-state index in [1.807, 2.05) is 6.92 Å². The molecule has 2 atom stereocenters. The van der Waals surface area contributed by atoms with Crippen molar-refractivity contribution in [2.45, 2.75) is 44.7 Å². The number of hydrogen-bond acceptors (Lipinski definition) is 4. The summed E-state index contributed by atoms with van der Waals surface area (Å²) in [5, 5.41) is 3.36. The fourth-order valence-electron chi connectivity index (χ4n) is 3.83. The van der Waals surface area contributed by atoms with E-state index in [2.05, 4.69) is 10.2 Å². The van der Waals surface area contributed by atoms with Crippen LogP contribution in [0.25, 0.3) is 0 Å². The van der Waals surface area contributed by atoms with Crippen LogP contribution in [0, 0.1) is 0 Å². The minimum Gasteiger partial charge on any atom is -0.314 e. The van der Waals surface area contributed by atoms with Crippen LogP contribution in [-0.2, 0) is 10.2 Å². The second-order valence-corrected chi connectivity index (χ2v) is 8.43. The topological polar surface area (TPSA) is 55.9 Å². The molecule has 3 aliphatic rings. The van der Waals surface area contributed by atoms with Crippen LogP contribution in [0.3, 0.4) is 0 Å². The third-order valence-corrected chi connectivity index (χ3v) is 7.28. The maximum absolute atomic E-state index is 12.8. The summed E-state index contributed by atoms with van der Waals surface area (Å²) in [6.45, 7) is 8.21. The van der Waals surface area contributed by atoms with Crippen LogP contribution in [0.15, 0.2) is 0 Å². The molecule has 2 unspecified atom stereocenters. The summed E-state index contributed by atoms with van der Waals surface area (Å²) in [7, 11) is -3.26. The summed E-state index contributed by atoms with van der Waals surface area (Å²) in [4.78, 5) is 2.45. The highest BCUT2D eigenvalue weighted by molar-refractivity contribution is 7.86. The molecular weight excluding hydrogens is 288 g/mol. The van der Waals surface area contributed by atoms with Crippen molar-refractivity contribution in [2.75, 3.05) is 45.8 Å². The Morgan fingerprint density at radius 3 is 2.48 bits per heavy atom. The molecule has 122 valence electrons. The van der Waals surface area contributed by atoms with Crippen LogP contribution in [0.4, 0.5) is 0 Å². The lowest BCUT2D eigenvalue weighted by atomic mass is 10.1. The first kappa shape index (κ1) is 15.7. The molecule has 0 bridgehead atoms. The van der Waals surface area contributed by atoms with E-state index in [0.29, 0.717) is 25.7 Å². The van der Waals surface area contributed by atoms with Gasteiger partial charge in [0.2, 0.25) is 0 Å². The molecule has 6 nitrogen and oxygen atoms in total. The minimum absolute atomic E-state index is 0.155. The summed E-state index contributed by atoms with van der Waals surface area (Å²) >= 11 is 0. The number of nitrogens with one attached hydrogen (secondary N) is 1. The van der Waals surface area contributed by atoms with E-state index in [0.717, 1.165) is 51.9 Å². The predicted molar refractivity (Wildman–Crippen MR) is 83.4 cm³/mol. The highest BCUT2D eigenvalue weighted by Gasteiger charge is 2.39. The zero-order chi connectivity index (χ0) is 14.9. The van der Waals surface area contributed by atoms with Gasteiger partial charge in [-0.2, -0.15) is 17.0 Å². The van der Waals surface area contributed by atoms with Crippen LogP contribution < -0.4 is 5.32 Å². The second-order valence-electron chi connectivity index (χ2n) is 6.55. The predicted octanol–water partition coefficient (Wildman–Crippen LogP) is 0.0851. The molecule has 21 heavy (non-hydrogen) atoms. The third kappa shape index (κ3) is 3.27. The van der Waals surface area contributed by atoms with E-state index in [1.54, 1.807) is 8.61 Å². The van der Waals surface area contributed by atoms with Crippen molar-refractivity contribution in [3.05, 3.63) is 0 Å². The first-order chi connectivity index (χ1) is 10.1. The van der Waals surface area contributed by atoms with Gasteiger partial charge in [0.15, 0.2) is 0 Å². The molecule has 7 heteroatoms. The quantitative estimate of drug-likeness (QED) is 0.801. The van der Waals surface area contributed by atoms with Gasteiger partial charge in [0.05, 0.1) is 0 Å². The monoisotopic (exact) mass is 316 g/mol. The van der Waals surface area contributed by atoms with E-state index in [1.165, 1.54) is 0 Å². The van der Waals surface area contributed by atoms with Gasteiger partial charge in [-0.05, 0) is 26.2 Å². The minimum atomic E-state index is -3.26. The number of nitrogens with zero attached hydrogens (tertiary/aromatic N) is 3. The summed E-state index contributed by atoms with van der Waals surface area (Å²) < 4.78 is 29.2. The van der Waals surface area contributed by atoms with E-state index in [9.17, 15) is 8.42 Å². The van der Waals surface area contributed by atoms with Crippen molar-refractivity contribution in [1.29, 1.82) is 0 Å². The van der Waals surface area contributed by atoms with Crippen molar-refractivity contribution in [1.82, 2.24) is 18.8 Å². The Balaban J connectivity index is 1.64. The number of piperazine rings is 1. The average molecular weight is 316 g/mol. The Hall–Kier alpha value is -0.210. The number of piperidine rings is 1. The van der Waals surface area contributed by atoms with Gasteiger partial charge >= 0.3 is 0 Å². The summed E-state index contributed by atoms with van der Waals surface area (Å²) in [6, 6.07) is 0.559. The molecule has 3 saturated heterocycles. The van der Waals surface area contributed by atoms with Crippen LogP contribution in [-0.4, -0.2) is 79.8 Å². The maximum atomic E-state index is 12.8. The number of rotatable bonds is 3. The van der Waals surface area contributed by atoms with Crippen LogP contribution in [0.5, 0.6) is 0 Å². The molecule has 0 radical (unpaired) electrons. The molecule has 3 heterocycles. The fourth-order valence-corrected chi connectivity index (χ4v) is 5.74. The summed E-state index contributed by atoms with van der Waals surface area (Å²) in [5.41, 5.74) is 0. The molecule has 1 N–H and O–H groups in total. The smallest absolute Gasteiger partial charge is 0.282 e. The van der Waals surface area contributed by atoms with Crippen LogP contribution in [0.2, 0.25) is 0 Å². The lowest BCUT2D eigenvalue weighted by Crippen LogP contribution is -2.51. The van der Waals surface area contributed by atoms with Crippen molar-refractivity contribution in [3.8, 4) is 0 Å². The molecule has 0 aromatic carbocycles. The largest absolute Gasteiger partial charge is 0.314 e. The molecular formula is C14H28N4O2S. The van der Waals surface area contributed by atoms with Crippen molar-refractivity contribution in [3.63, 3.8) is 0 Å². The maximum Gasteiger partial charge on any atom is 0.282 e. The van der Waals surface area contributed by atoms with Crippen molar-refractivity contribution in [2.24, 2.45) is 0 Å². The molecule has 0 aliphatic carbocycles. The first-order valence-corrected chi connectivity index (χ1v) is 9.70. The van der Waals surface area contributed by atoms with Gasteiger partial charge < -0.3 is 5.32 Å². The van der Waals surface area contributed by atoms with Crippen LogP contribution in [0.1, 0.15) is 32.6 Å². The number of hydrogen-bond donors (Lipinski definition) is 1. The van der Waals surface area contributed by atoms with E-state index in [-0.39, 0.29) is 6.04 Å². The summed E-state index contributed by atoms with van der Waals surface area (Å²) in [6.07, 6.45) is 4.12. The molecule has 3 aliphatic heterocycles. The molecule has 0 amide bonds. The zero-order valence-corrected chi connectivity index (χ0v) is 13.8. The zero-order valence-electron chi connectivity index (χ0n) is 13.0. The SMILES string of the molecule is CC1CCCCN1S(=O)(=O)N1CCC(N2CCNCC2)C1. The molecule has 0 aromatic rings. The van der Waals surface area contributed by atoms with Gasteiger partial charge in [-0.15, -0.1) is 0 Å². The third-order valence-electron chi connectivity index (χ3n) is 5.16. The molecule has 3 rings (SSSR count). The lowest BCUT2D eigenvalue weighted by Gasteiger charge is -2.36. The van der Waals surface area contributed by atoms with Gasteiger partial charge in [-0.3, -0.25) is 4.90 Å². The van der Waals surface area contributed by atoms with Gasteiger partial charge in [0, 0.05) is 57.9 Å². The fraction of sp³-hybridized carbons (Fsp3) is 1.00. The van der Waals surface area contributed by atoms with E-state index < -0.39 is 10.2 Å². The Morgan fingerprint density at radius 1 is 1.00 bits per heavy atom. The summed E-state index contributed by atoms with van der Waals surface area (Å²) in [5.74, 6) is 0. The lowest BCUT2D eigenvalue weighted by molar-refractivity contribution is 0.178. The van der Waals surface area contributed by atoms with Gasteiger partial charge in [-0.25, -0.2) is 0 Å². The highest BCUT2D eigenvalue weighted by Crippen LogP contribution is 2.26. The Bertz CT molecular complexity index is 450. The Morgan fingerprint density at radius 2 is 1.76 bits per heavy atom. The first-order valence-electron chi connectivity index (χ1n) is 8.31. The van der Waals surface area contributed by atoms with E-state index >= 15 is 0 Å².